The molecule has 1 fully saturated rings. The summed E-state index contributed by atoms with van der Waals surface area (Å²) in [5.41, 5.74) is 1.69. The number of hydrogen-bond donors (Lipinski definition) is 2. The van der Waals surface area contributed by atoms with Crippen molar-refractivity contribution in [3.05, 3.63) is 24.3 Å². The minimum Gasteiger partial charge on any atom is -0.351 e. The van der Waals surface area contributed by atoms with E-state index in [4.69, 9.17) is 0 Å². The molecular weight excluding hydrogens is 268 g/mol. The summed E-state index contributed by atoms with van der Waals surface area (Å²) >= 11 is 0. The van der Waals surface area contributed by atoms with Crippen molar-refractivity contribution < 1.29 is 9.59 Å². The highest BCUT2D eigenvalue weighted by molar-refractivity contribution is 6.02. The number of amides is 2. The number of rotatable bonds is 2. The number of carbonyl (C=O) groups excluding carboxylic acids is 2. The SMILES string of the molecule is O=C1CN(CC(=O)N2CCCNCC2)c2ccccc2N1. The summed E-state index contributed by atoms with van der Waals surface area (Å²) in [6.07, 6.45) is 0.975. The molecule has 1 aromatic carbocycles. The fourth-order valence-electron chi connectivity index (χ4n) is 2.80. The van der Waals surface area contributed by atoms with E-state index >= 15 is 0 Å². The molecule has 0 radical (unpaired) electrons. The standard InChI is InChI=1S/C15H20N4O2/c20-14-10-19(13-5-2-1-4-12(13)17-14)11-15(21)18-8-3-6-16-7-9-18/h1-2,4-5,16H,3,6-11H2,(H,17,20). The molecule has 0 spiro atoms. The monoisotopic (exact) mass is 288 g/mol. The Morgan fingerprint density at radius 2 is 2.05 bits per heavy atom. The van der Waals surface area contributed by atoms with Crippen LogP contribution in [-0.4, -0.2) is 56.0 Å². The summed E-state index contributed by atoms with van der Waals surface area (Å²) in [4.78, 5) is 28.0. The van der Waals surface area contributed by atoms with E-state index in [-0.39, 0.29) is 24.9 Å². The van der Waals surface area contributed by atoms with Gasteiger partial charge >= 0.3 is 0 Å². The summed E-state index contributed by atoms with van der Waals surface area (Å²) in [5, 5.41) is 6.12. The number of nitrogens with one attached hydrogen (secondary N) is 2. The van der Waals surface area contributed by atoms with Crippen molar-refractivity contribution in [3.63, 3.8) is 0 Å². The van der Waals surface area contributed by atoms with Gasteiger partial charge in [0, 0.05) is 19.6 Å². The summed E-state index contributed by atoms with van der Waals surface area (Å²) in [6, 6.07) is 7.60. The van der Waals surface area contributed by atoms with Crippen molar-refractivity contribution >= 4 is 23.2 Å². The lowest BCUT2D eigenvalue weighted by Gasteiger charge is -2.32. The van der Waals surface area contributed by atoms with E-state index in [0.717, 1.165) is 44.0 Å². The van der Waals surface area contributed by atoms with E-state index in [1.807, 2.05) is 34.1 Å². The lowest BCUT2D eigenvalue weighted by atomic mass is 10.2. The predicted octanol–water partition coefficient (Wildman–Crippen LogP) is 0.267. The van der Waals surface area contributed by atoms with Crippen molar-refractivity contribution in [1.29, 1.82) is 0 Å². The maximum atomic E-state index is 12.5. The smallest absolute Gasteiger partial charge is 0.243 e. The highest BCUT2D eigenvalue weighted by Gasteiger charge is 2.25. The molecule has 0 aromatic heterocycles. The number of hydrogen-bond acceptors (Lipinski definition) is 4. The van der Waals surface area contributed by atoms with Crippen LogP contribution in [0.3, 0.4) is 0 Å². The number of para-hydroxylation sites is 2. The van der Waals surface area contributed by atoms with Gasteiger partial charge in [0.05, 0.1) is 24.5 Å². The maximum absolute atomic E-state index is 12.5. The predicted molar refractivity (Wildman–Crippen MR) is 81.4 cm³/mol. The van der Waals surface area contributed by atoms with Crippen LogP contribution in [0.5, 0.6) is 0 Å². The Bertz CT molecular complexity index is 538. The van der Waals surface area contributed by atoms with Gasteiger partial charge in [-0.1, -0.05) is 12.1 Å². The molecule has 2 aliphatic heterocycles. The minimum absolute atomic E-state index is 0.0703. The van der Waals surface area contributed by atoms with Gasteiger partial charge in [0.25, 0.3) is 0 Å². The molecule has 6 nitrogen and oxygen atoms in total. The van der Waals surface area contributed by atoms with Gasteiger partial charge in [-0.3, -0.25) is 9.59 Å². The van der Waals surface area contributed by atoms with Crippen LogP contribution in [0.4, 0.5) is 11.4 Å². The molecule has 0 bridgehead atoms. The quantitative estimate of drug-likeness (QED) is 0.820. The average Bonchev–Trinajstić information content (AvgIpc) is 2.76. The molecular formula is C15H20N4O2. The summed E-state index contributed by atoms with van der Waals surface area (Å²) in [7, 11) is 0. The van der Waals surface area contributed by atoms with E-state index in [9.17, 15) is 9.59 Å². The minimum atomic E-state index is -0.0703. The van der Waals surface area contributed by atoms with Gasteiger partial charge < -0.3 is 20.4 Å². The molecule has 2 aliphatic rings. The van der Waals surface area contributed by atoms with Crippen LogP contribution < -0.4 is 15.5 Å². The van der Waals surface area contributed by atoms with Gasteiger partial charge in [0.15, 0.2) is 0 Å². The first kappa shape index (κ1) is 13.9. The first-order chi connectivity index (χ1) is 10.2. The molecule has 21 heavy (non-hydrogen) atoms. The normalized spacial score (nSPS) is 18.8. The lowest BCUT2D eigenvalue weighted by Crippen LogP contribution is -2.46. The van der Waals surface area contributed by atoms with Crippen LogP contribution in [0, 0.1) is 0 Å². The number of carbonyl (C=O) groups is 2. The topological polar surface area (TPSA) is 64.7 Å². The van der Waals surface area contributed by atoms with E-state index in [1.165, 1.54) is 0 Å². The van der Waals surface area contributed by atoms with Crippen molar-refractivity contribution in [2.75, 3.05) is 49.5 Å². The number of fused-ring (bicyclic) bond motifs is 1. The van der Waals surface area contributed by atoms with Crippen molar-refractivity contribution in [2.45, 2.75) is 6.42 Å². The highest BCUT2D eigenvalue weighted by Crippen LogP contribution is 2.28. The van der Waals surface area contributed by atoms with Crippen LogP contribution in [-0.2, 0) is 9.59 Å². The lowest BCUT2D eigenvalue weighted by molar-refractivity contribution is -0.129. The van der Waals surface area contributed by atoms with Gasteiger partial charge in [0.2, 0.25) is 11.8 Å². The summed E-state index contributed by atoms with van der Waals surface area (Å²) < 4.78 is 0. The third kappa shape index (κ3) is 3.16. The molecule has 3 rings (SSSR count). The number of nitrogens with zero attached hydrogens (tertiary/aromatic N) is 2. The van der Waals surface area contributed by atoms with E-state index in [0.29, 0.717) is 0 Å². The molecule has 112 valence electrons. The Morgan fingerprint density at radius 3 is 2.95 bits per heavy atom. The third-order valence-corrected chi connectivity index (χ3v) is 3.87. The van der Waals surface area contributed by atoms with Crippen LogP contribution in [0.1, 0.15) is 6.42 Å². The number of benzene rings is 1. The van der Waals surface area contributed by atoms with Crippen molar-refractivity contribution in [2.24, 2.45) is 0 Å². The molecule has 0 unspecified atom stereocenters. The first-order valence-corrected chi connectivity index (χ1v) is 7.36. The van der Waals surface area contributed by atoms with Gasteiger partial charge in [-0.15, -0.1) is 0 Å². The van der Waals surface area contributed by atoms with Gasteiger partial charge in [-0.05, 0) is 25.1 Å². The number of anilines is 2. The second kappa shape index (κ2) is 6.13. The molecule has 0 aliphatic carbocycles. The molecule has 6 heteroatoms. The summed E-state index contributed by atoms with van der Waals surface area (Å²) in [6.45, 7) is 3.80. The maximum Gasteiger partial charge on any atom is 0.243 e. The van der Waals surface area contributed by atoms with E-state index in [2.05, 4.69) is 10.6 Å². The van der Waals surface area contributed by atoms with E-state index < -0.39 is 0 Å². The molecule has 2 amide bonds. The largest absolute Gasteiger partial charge is 0.351 e. The zero-order valence-electron chi connectivity index (χ0n) is 12.0. The molecule has 2 N–H and O–H groups in total. The van der Waals surface area contributed by atoms with Crippen LogP contribution >= 0.6 is 0 Å². The molecule has 0 saturated carbocycles. The van der Waals surface area contributed by atoms with Crippen LogP contribution in [0.15, 0.2) is 24.3 Å². The van der Waals surface area contributed by atoms with E-state index in [1.54, 1.807) is 0 Å². The third-order valence-electron chi connectivity index (χ3n) is 3.87. The van der Waals surface area contributed by atoms with Crippen molar-refractivity contribution in [3.8, 4) is 0 Å². The molecule has 2 heterocycles. The second-order valence-corrected chi connectivity index (χ2v) is 5.41. The van der Waals surface area contributed by atoms with Gasteiger partial charge in [0.1, 0.15) is 0 Å². The van der Waals surface area contributed by atoms with Crippen LogP contribution in [0.2, 0.25) is 0 Å². The molecule has 0 atom stereocenters. The first-order valence-electron chi connectivity index (χ1n) is 7.36. The fraction of sp³-hybridized carbons (Fsp3) is 0.467. The van der Waals surface area contributed by atoms with Crippen molar-refractivity contribution in [1.82, 2.24) is 10.2 Å². The Morgan fingerprint density at radius 1 is 1.19 bits per heavy atom. The second-order valence-electron chi connectivity index (χ2n) is 5.41. The Kier molecular flexibility index (Phi) is 4.06. The fourth-order valence-corrected chi connectivity index (χ4v) is 2.80. The Hall–Kier alpha value is -2.08. The molecule has 1 saturated heterocycles. The van der Waals surface area contributed by atoms with Gasteiger partial charge in [-0.2, -0.15) is 0 Å². The Labute approximate surface area is 124 Å². The van der Waals surface area contributed by atoms with Crippen LogP contribution in [0.25, 0.3) is 0 Å². The zero-order valence-corrected chi connectivity index (χ0v) is 12.0. The highest BCUT2D eigenvalue weighted by atomic mass is 16.2. The zero-order chi connectivity index (χ0) is 14.7. The Balaban J connectivity index is 1.72. The summed E-state index contributed by atoms with van der Waals surface area (Å²) in [5.74, 6) is 0.0160. The van der Waals surface area contributed by atoms with Gasteiger partial charge in [-0.25, -0.2) is 0 Å². The molecule has 1 aromatic rings. The average molecular weight is 288 g/mol.